The van der Waals surface area contributed by atoms with Crippen LogP contribution in [0.25, 0.3) is 0 Å². The third-order valence-electron chi connectivity index (χ3n) is 7.09. The molecule has 1 atom stereocenters. The van der Waals surface area contributed by atoms with Crippen LogP contribution in [0.15, 0.2) is 59.8 Å². The van der Waals surface area contributed by atoms with Gasteiger partial charge in [0.15, 0.2) is 0 Å². The van der Waals surface area contributed by atoms with Gasteiger partial charge in [0.2, 0.25) is 0 Å². The maximum atomic E-state index is 6.05. The first-order chi connectivity index (χ1) is 16.8. The summed E-state index contributed by atoms with van der Waals surface area (Å²) in [5.41, 5.74) is 3.23. The quantitative estimate of drug-likeness (QED) is 0.229. The van der Waals surface area contributed by atoms with E-state index in [9.17, 15) is 0 Å². The van der Waals surface area contributed by atoms with Crippen LogP contribution in [0.3, 0.4) is 0 Å². The number of oxime groups is 1. The van der Waals surface area contributed by atoms with E-state index in [1.54, 1.807) is 0 Å². The van der Waals surface area contributed by atoms with Gasteiger partial charge >= 0.3 is 0 Å². The van der Waals surface area contributed by atoms with Gasteiger partial charge in [-0.15, -0.1) is 0 Å². The van der Waals surface area contributed by atoms with Crippen molar-refractivity contribution in [2.45, 2.75) is 64.5 Å². The van der Waals surface area contributed by atoms with E-state index < -0.39 is 0 Å². The monoisotopic (exact) mass is 463 g/mol. The van der Waals surface area contributed by atoms with E-state index in [1.165, 1.54) is 45.1 Å². The summed E-state index contributed by atoms with van der Waals surface area (Å²) in [5.74, 6) is 0.930. The molecule has 2 saturated heterocycles. The Labute approximate surface area is 205 Å². The fourth-order valence-corrected chi connectivity index (χ4v) is 5.11. The van der Waals surface area contributed by atoms with Gasteiger partial charge in [0, 0.05) is 24.7 Å². The lowest BCUT2D eigenvalue weighted by Gasteiger charge is -2.26. The van der Waals surface area contributed by atoms with Gasteiger partial charge in [-0.05, 0) is 88.0 Å². The maximum absolute atomic E-state index is 6.05. The second-order valence-electron chi connectivity index (χ2n) is 9.60. The lowest BCUT2D eigenvalue weighted by molar-refractivity contribution is 0.128. The van der Waals surface area contributed by atoms with E-state index in [0.29, 0.717) is 6.61 Å². The van der Waals surface area contributed by atoms with Crippen LogP contribution in [0.4, 0.5) is 0 Å². The number of piperidine rings is 1. The molecule has 0 saturated carbocycles. The summed E-state index contributed by atoms with van der Waals surface area (Å²) in [6.45, 7) is 9.03. The minimum atomic E-state index is 0.488. The third-order valence-corrected chi connectivity index (χ3v) is 7.09. The number of hydrogen-bond donors (Lipinski definition) is 0. The second kappa shape index (κ2) is 13.5. The van der Waals surface area contributed by atoms with Crippen molar-refractivity contribution in [3.8, 4) is 5.75 Å². The van der Waals surface area contributed by atoms with Crippen molar-refractivity contribution in [1.82, 2.24) is 9.80 Å². The Morgan fingerprint density at radius 1 is 0.941 bits per heavy atom. The van der Waals surface area contributed by atoms with E-state index in [4.69, 9.17) is 9.57 Å². The molecule has 2 aromatic rings. The van der Waals surface area contributed by atoms with E-state index in [-0.39, 0.29) is 0 Å². The molecular formula is C29H41N3O2. The van der Waals surface area contributed by atoms with Crippen LogP contribution in [-0.2, 0) is 11.4 Å². The molecule has 1 unspecified atom stereocenters. The lowest BCUT2D eigenvalue weighted by atomic mass is 10.1. The molecule has 0 radical (unpaired) electrons. The van der Waals surface area contributed by atoms with Crippen molar-refractivity contribution in [2.24, 2.45) is 5.16 Å². The minimum absolute atomic E-state index is 0.488. The maximum Gasteiger partial charge on any atom is 0.142 e. The van der Waals surface area contributed by atoms with Gasteiger partial charge in [-0.3, -0.25) is 4.90 Å². The van der Waals surface area contributed by atoms with Gasteiger partial charge < -0.3 is 14.5 Å². The molecule has 0 aromatic heterocycles. The fourth-order valence-electron chi connectivity index (χ4n) is 5.11. The standard InChI is InChI=1S/C29H41N3O2/c1-2-27-13-9-20-32(27)21-10-22-33-28-16-14-26(15-17-28)29(23-31-18-7-4-8-19-31)30-34-24-25-11-5-3-6-12-25/h3,5-6,11-12,14-17,27H,2,4,7-10,13,18-24H2,1H3. The average Bonchev–Trinajstić information content (AvgIpc) is 3.35. The highest BCUT2D eigenvalue weighted by Crippen LogP contribution is 2.20. The van der Waals surface area contributed by atoms with Crippen molar-refractivity contribution in [1.29, 1.82) is 0 Å². The summed E-state index contributed by atoms with van der Waals surface area (Å²) in [6, 6.07) is 19.4. The molecule has 2 heterocycles. The van der Waals surface area contributed by atoms with Gasteiger partial charge in [0.25, 0.3) is 0 Å². The topological polar surface area (TPSA) is 37.3 Å². The smallest absolute Gasteiger partial charge is 0.142 e. The van der Waals surface area contributed by atoms with Gasteiger partial charge in [-0.1, -0.05) is 48.8 Å². The predicted octanol–water partition coefficient (Wildman–Crippen LogP) is 5.74. The summed E-state index contributed by atoms with van der Waals surface area (Å²) < 4.78 is 6.05. The molecule has 0 bridgehead atoms. The highest BCUT2D eigenvalue weighted by atomic mass is 16.6. The van der Waals surface area contributed by atoms with Crippen LogP contribution in [0.5, 0.6) is 5.75 Å². The van der Waals surface area contributed by atoms with Gasteiger partial charge in [-0.25, -0.2) is 0 Å². The zero-order valence-electron chi connectivity index (χ0n) is 20.8. The van der Waals surface area contributed by atoms with Crippen LogP contribution in [0.1, 0.15) is 63.0 Å². The Morgan fingerprint density at radius 3 is 2.50 bits per heavy atom. The molecule has 0 amide bonds. The number of rotatable bonds is 12. The SMILES string of the molecule is CCC1CCCN1CCCOc1ccc(C(CN2CCCCC2)=NOCc2ccccc2)cc1. The Hall–Kier alpha value is -2.37. The Balaban J connectivity index is 1.31. The first-order valence-electron chi connectivity index (χ1n) is 13.2. The normalized spacial score (nSPS) is 19.9. The summed E-state index contributed by atoms with van der Waals surface area (Å²) in [7, 11) is 0. The molecule has 0 N–H and O–H groups in total. The first kappa shape index (κ1) is 24.7. The van der Waals surface area contributed by atoms with Gasteiger partial charge in [0.05, 0.1) is 6.61 Å². The molecule has 184 valence electrons. The highest BCUT2D eigenvalue weighted by Gasteiger charge is 2.21. The number of ether oxygens (including phenoxy) is 1. The summed E-state index contributed by atoms with van der Waals surface area (Å²) in [5, 5.41) is 4.58. The fraction of sp³-hybridized carbons (Fsp3) is 0.552. The molecule has 2 aliphatic rings. The van der Waals surface area contributed by atoms with Crippen LogP contribution < -0.4 is 4.74 Å². The Bertz CT molecular complexity index is 863. The van der Waals surface area contributed by atoms with E-state index >= 15 is 0 Å². The number of likely N-dealkylation sites (tertiary alicyclic amines) is 2. The van der Waals surface area contributed by atoms with Crippen molar-refractivity contribution in [2.75, 3.05) is 39.3 Å². The van der Waals surface area contributed by atoms with Crippen LogP contribution in [0, 0.1) is 0 Å². The molecule has 0 aliphatic carbocycles. The molecule has 4 rings (SSSR count). The zero-order valence-corrected chi connectivity index (χ0v) is 20.8. The second-order valence-corrected chi connectivity index (χ2v) is 9.60. The number of hydrogen-bond acceptors (Lipinski definition) is 5. The van der Waals surface area contributed by atoms with Crippen LogP contribution >= 0.6 is 0 Å². The van der Waals surface area contributed by atoms with Gasteiger partial charge in [0.1, 0.15) is 18.1 Å². The summed E-state index contributed by atoms with van der Waals surface area (Å²) in [4.78, 5) is 10.9. The molecule has 5 heteroatoms. The first-order valence-corrected chi connectivity index (χ1v) is 13.2. The Kier molecular flexibility index (Phi) is 9.83. The molecule has 0 spiro atoms. The van der Waals surface area contributed by atoms with Crippen molar-refractivity contribution < 1.29 is 9.57 Å². The molecular weight excluding hydrogens is 422 g/mol. The van der Waals surface area contributed by atoms with Crippen molar-refractivity contribution in [3.05, 3.63) is 65.7 Å². The lowest BCUT2D eigenvalue weighted by Crippen LogP contribution is -2.34. The summed E-state index contributed by atoms with van der Waals surface area (Å²) >= 11 is 0. The predicted molar refractivity (Wildman–Crippen MR) is 139 cm³/mol. The highest BCUT2D eigenvalue weighted by molar-refractivity contribution is 6.01. The largest absolute Gasteiger partial charge is 0.494 e. The van der Waals surface area contributed by atoms with E-state index in [2.05, 4.69) is 58.3 Å². The van der Waals surface area contributed by atoms with Crippen molar-refractivity contribution in [3.63, 3.8) is 0 Å². The third kappa shape index (κ3) is 7.57. The van der Waals surface area contributed by atoms with E-state index in [1.807, 2.05) is 18.2 Å². The molecule has 2 fully saturated rings. The molecule has 5 nitrogen and oxygen atoms in total. The molecule has 2 aliphatic heterocycles. The number of benzene rings is 2. The zero-order chi connectivity index (χ0) is 23.4. The van der Waals surface area contributed by atoms with Crippen LogP contribution in [-0.4, -0.2) is 60.9 Å². The molecule has 2 aromatic carbocycles. The van der Waals surface area contributed by atoms with Gasteiger partial charge in [-0.2, -0.15) is 0 Å². The Morgan fingerprint density at radius 2 is 1.74 bits per heavy atom. The van der Waals surface area contributed by atoms with Crippen molar-refractivity contribution >= 4 is 5.71 Å². The average molecular weight is 464 g/mol. The summed E-state index contributed by atoms with van der Waals surface area (Å²) in [6.07, 6.45) is 8.90. The van der Waals surface area contributed by atoms with E-state index in [0.717, 1.165) is 67.8 Å². The minimum Gasteiger partial charge on any atom is -0.494 e. The molecule has 34 heavy (non-hydrogen) atoms. The van der Waals surface area contributed by atoms with Crippen LogP contribution in [0.2, 0.25) is 0 Å². The number of nitrogens with zero attached hydrogens (tertiary/aromatic N) is 3.